The number of pyridine rings is 1. The molecule has 0 aliphatic carbocycles. The molecule has 320 valence electrons. The quantitative estimate of drug-likeness (QED) is 0.0559. The zero-order valence-corrected chi connectivity index (χ0v) is 36.9. The number of rotatable bonds is 24. The number of hydrogen-bond donors (Lipinski definition) is 0. The first-order valence-corrected chi connectivity index (χ1v) is 22.2. The lowest BCUT2D eigenvalue weighted by molar-refractivity contribution is 0.306. The molecule has 8 heteroatoms. The van der Waals surface area contributed by atoms with E-state index in [2.05, 4.69) is 104 Å². The number of unbranched alkanes of at least 4 members (excludes halogenated alkanes) is 4. The lowest BCUT2D eigenvalue weighted by Gasteiger charge is -2.26. The van der Waals surface area contributed by atoms with Crippen LogP contribution in [0.5, 0.6) is 34.5 Å². The summed E-state index contributed by atoms with van der Waals surface area (Å²) >= 11 is 0. The molecule has 0 N–H and O–H groups in total. The van der Waals surface area contributed by atoms with Crippen LogP contribution in [0.4, 0.5) is 17.1 Å². The molecule has 0 aliphatic heterocycles. The molecule has 0 atom stereocenters. The smallest absolute Gasteiger partial charge is 0.132 e. The Hall–Kier alpha value is -6.15. The largest absolute Gasteiger partial charge is 0.494 e. The van der Waals surface area contributed by atoms with E-state index in [0.717, 1.165) is 112 Å². The van der Waals surface area contributed by atoms with Crippen LogP contribution in [-0.4, -0.2) is 44.6 Å². The summed E-state index contributed by atoms with van der Waals surface area (Å²) in [6.07, 6.45) is 6.74. The Bertz CT molecular complexity index is 2110. The van der Waals surface area contributed by atoms with Gasteiger partial charge in [0, 0.05) is 40.3 Å². The van der Waals surface area contributed by atoms with Gasteiger partial charge >= 0.3 is 0 Å². The average Bonchev–Trinajstić information content (AvgIpc) is 3.28. The highest BCUT2D eigenvalue weighted by Gasteiger charge is 2.18. The Kier molecular flexibility index (Phi) is 16.7. The predicted molar refractivity (Wildman–Crippen MR) is 250 cm³/mol. The molecule has 0 saturated heterocycles. The maximum absolute atomic E-state index is 6.19. The minimum Gasteiger partial charge on any atom is -0.494 e. The zero-order chi connectivity index (χ0) is 42.8. The lowest BCUT2D eigenvalue weighted by Crippen LogP contribution is -2.10. The third kappa shape index (κ3) is 12.0. The number of nitrogens with zero attached hydrogens (tertiary/aromatic N) is 2. The van der Waals surface area contributed by atoms with Gasteiger partial charge in [0.2, 0.25) is 0 Å². The fourth-order valence-electron chi connectivity index (χ4n) is 7.18. The third-order valence-electron chi connectivity index (χ3n) is 10.2. The van der Waals surface area contributed by atoms with Gasteiger partial charge in [-0.1, -0.05) is 51.7 Å². The second kappa shape index (κ2) is 23.0. The molecule has 1 heterocycles. The Morgan fingerprint density at radius 1 is 0.377 bits per heavy atom. The molecular weight excluding hydrogens is 761 g/mol. The van der Waals surface area contributed by atoms with Crippen molar-refractivity contribution < 1.29 is 28.4 Å². The van der Waals surface area contributed by atoms with Crippen LogP contribution in [0.2, 0.25) is 0 Å². The van der Waals surface area contributed by atoms with Crippen LogP contribution in [-0.2, 0) is 0 Å². The van der Waals surface area contributed by atoms with Gasteiger partial charge in [0.15, 0.2) is 0 Å². The van der Waals surface area contributed by atoms with Gasteiger partial charge in [0.1, 0.15) is 34.5 Å². The van der Waals surface area contributed by atoms with Crippen molar-refractivity contribution in [2.45, 2.75) is 80.1 Å². The minimum atomic E-state index is 0.504. The summed E-state index contributed by atoms with van der Waals surface area (Å²) in [7, 11) is 0. The van der Waals surface area contributed by atoms with E-state index in [-0.39, 0.29) is 0 Å². The van der Waals surface area contributed by atoms with E-state index in [4.69, 9.17) is 33.4 Å². The Morgan fingerprint density at radius 3 is 1.16 bits per heavy atom. The van der Waals surface area contributed by atoms with Gasteiger partial charge in [0.05, 0.1) is 51.0 Å². The van der Waals surface area contributed by atoms with Crippen LogP contribution < -0.4 is 33.3 Å². The van der Waals surface area contributed by atoms with Crippen molar-refractivity contribution in [2.75, 3.05) is 44.5 Å². The van der Waals surface area contributed by atoms with E-state index >= 15 is 0 Å². The number of hydrogen-bond acceptors (Lipinski definition) is 8. The Labute approximate surface area is 363 Å². The molecule has 0 bridgehead atoms. The highest BCUT2D eigenvalue weighted by molar-refractivity contribution is 5.83. The Balaban J connectivity index is 1.41. The van der Waals surface area contributed by atoms with Gasteiger partial charge in [-0.2, -0.15) is 0 Å². The summed E-state index contributed by atoms with van der Waals surface area (Å²) < 4.78 is 36.2. The summed E-state index contributed by atoms with van der Waals surface area (Å²) in [5.41, 5.74) is 8.39. The first-order valence-electron chi connectivity index (χ1n) is 22.2. The highest BCUT2D eigenvalue weighted by Crippen LogP contribution is 2.41. The molecule has 0 saturated carbocycles. The molecule has 5 aromatic carbocycles. The number of benzene rings is 5. The summed E-state index contributed by atoms with van der Waals surface area (Å²) in [4.78, 5) is 7.52. The molecule has 0 spiro atoms. The van der Waals surface area contributed by atoms with E-state index in [1.807, 2.05) is 64.1 Å². The fourth-order valence-corrected chi connectivity index (χ4v) is 7.18. The van der Waals surface area contributed by atoms with Gasteiger partial charge in [-0.3, -0.25) is 0 Å². The molecule has 0 fully saturated rings. The lowest BCUT2D eigenvalue weighted by atomic mass is 9.98. The van der Waals surface area contributed by atoms with E-state index in [1.54, 1.807) is 0 Å². The minimum absolute atomic E-state index is 0.504. The third-order valence-corrected chi connectivity index (χ3v) is 10.2. The van der Waals surface area contributed by atoms with E-state index < -0.39 is 0 Å². The van der Waals surface area contributed by atoms with Gasteiger partial charge < -0.3 is 33.3 Å². The monoisotopic (exact) mass is 822 g/mol. The van der Waals surface area contributed by atoms with Gasteiger partial charge in [-0.05, 0) is 149 Å². The van der Waals surface area contributed by atoms with Crippen LogP contribution in [0.3, 0.4) is 0 Å². The van der Waals surface area contributed by atoms with Crippen molar-refractivity contribution in [3.63, 3.8) is 0 Å². The second-order valence-corrected chi connectivity index (χ2v) is 14.7. The van der Waals surface area contributed by atoms with E-state index in [1.165, 1.54) is 0 Å². The molecule has 1 aromatic heterocycles. The maximum atomic E-state index is 6.19. The second-order valence-electron chi connectivity index (χ2n) is 14.7. The first kappa shape index (κ1) is 44.4. The van der Waals surface area contributed by atoms with Crippen molar-refractivity contribution in [1.82, 2.24) is 4.98 Å². The number of anilines is 3. The normalized spacial score (nSPS) is 10.9. The summed E-state index contributed by atoms with van der Waals surface area (Å²) in [6, 6.07) is 41.5. The average molecular weight is 823 g/mol. The molecule has 0 aliphatic rings. The summed E-state index contributed by atoms with van der Waals surface area (Å²) in [5, 5.41) is 0. The van der Waals surface area contributed by atoms with Gasteiger partial charge in [-0.25, -0.2) is 4.98 Å². The summed E-state index contributed by atoms with van der Waals surface area (Å²) in [6.45, 7) is 15.9. The summed E-state index contributed by atoms with van der Waals surface area (Å²) in [5.74, 6) is 4.66. The number of aromatic nitrogens is 1. The van der Waals surface area contributed by atoms with Crippen LogP contribution in [0, 0.1) is 0 Å². The van der Waals surface area contributed by atoms with Crippen LogP contribution in [0.25, 0.3) is 33.6 Å². The molecular formula is C53H62N2O6. The van der Waals surface area contributed by atoms with Crippen molar-refractivity contribution in [3.05, 3.63) is 121 Å². The zero-order valence-electron chi connectivity index (χ0n) is 36.9. The van der Waals surface area contributed by atoms with Crippen LogP contribution in [0.15, 0.2) is 121 Å². The molecule has 6 aromatic rings. The fraction of sp³-hybridized carbons (Fsp3) is 0.340. The molecule has 0 amide bonds. The predicted octanol–water partition coefficient (Wildman–Crippen LogP) is 14.3. The van der Waals surface area contributed by atoms with Crippen LogP contribution >= 0.6 is 0 Å². The van der Waals surface area contributed by atoms with Crippen molar-refractivity contribution >= 4 is 17.1 Å². The van der Waals surface area contributed by atoms with E-state index in [9.17, 15) is 0 Å². The number of ether oxygens (including phenoxy) is 6. The topological polar surface area (TPSA) is 71.5 Å². The maximum Gasteiger partial charge on any atom is 0.132 e. The molecule has 0 radical (unpaired) electrons. The Morgan fingerprint density at radius 2 is 0.770 bits per heavy atom. The van der Waals surface area contributed by atoms with Crippen molar-refractivity contribution in [1.29, 1.82) is 0 Å². The molecule has 8 nitrogen and oxygen atoms in total. The standard InChI is InChI=1S/C53H62N2O6/c1-7-13-15-33-60-44-25-21-42(22-26-44)55(43-23-27-45(28-24-43)61-34-16-14-8-2)41-19-17-39(18-20-41)40-35-50(48-31-29-46(56-9-3)37-52(48)58-11-5)54-51(36-40)49-32-30-47(57-10-4)38-53(49)59-12-6/h17-32,35-38H,7-16,33-34H2,1-6H3. The van der Waals surface area contributed by atoms with Gasteiger partial charge in [-0.15, -0.1) is 0 Å². The molecule has 0 unspecified atom stereocenters. The van der Waals surface area contributed by atoms with Crippen molar-refractivity contribution in [2.24, 2.45) is 0 Å². The first-order chi connectivity index (χ1) is 30.0. The van der Waals surface area contributed by atoms with E-state index in [0.29, 0.717) is 51.1 Å². The van der Waals surface area contributed by atoms with Gasteiger partial charge in [0.25, 0.3) is 0 Å². The molecule has 6 rings (SSSR count). The SMILES string of the molecule is CCCCCOc1ccc(N(c2ccc(OCCCCC)cc2)c2ccc(-c3cc(-c4ccc(OCC)cc4OCC)nc(-c4ccc(OCC)cc4OCC)c3)cc2)cc1. The van der Waals surface area contributed by atoms with Crippen LogP contribution in [0.1, 0.15) is 80.1 Å². The van der Waals surface area contributed by atoms with Crippen molar-refractivity contribution in [3.8, 4) is 68.1 Å². The highest BCUT2D eigenvalue weighted by atomic mass is 16.5. The molecule has 61 heavy (non-hydrogen) atoms.